The molecule has 1 N–H and O–H groups in total. The summed E-state index contributed by atoms with van der Waals surface area (Å²) in [7, 11) is 1.89. The van der Waals surface area contributed by atoms with Crippen LogP contribution in [0.2, 0.25) is 0 Å². The number of aromatic nitrogens is 2. The number of hydrogen-bond donors (Lipinski definition) is 1. The quantitative estimate of drug-likeness (QED) is 0.795. The van der Waals surface area contributed by atoms with Gasteiger partial charge in [-0.15, -0.1) is 11.8 Å². The maximum absolute atomic E-state index is 9.17. The maximum atomic E-state index is 9.17. The van der Waals surface area contributed by atoms with Gasteiger partial charge in [0.05, 0.1) is 12.3 Å². The van der Waals surface area contributed by atoms with Crippen molar-refractivity contribution in [3.05, 3.63) is 12.4 Å². The highest BCUT2D eigenvalue weighted by Gasteiger charge is 2.24. The first-order chi connectivity index (χ1) is 7.45. The van der Waals surface area contributed by atoms with Crippen molar-refractivity contribution >= 4 is 11.8 Å². The number of hydrogen-bond acceptors (Lipinski definition) is 4. The van der Waals surface area contributed by atoms with Crippen molar-refractivity contribution in [2.75, 3.05) is 5.75 Å². The number of nitrogens with one attached hydrogen (secondary N) is 1. The molecule has 0 saturated heterocycles. The molecule has 1 heterocycles. The van der Waals surface area contributed by atoms with Gasteiger partial charge in [-0.3, -0.25) is 10.00 Å². The molecule has 0 bridgehead atoms. The van der Waals surface area contributed by atoms with Crippen LogP contribution in [0.25, 0.3) is 0 Å². The lowest BCUT2D eigenvalue weighted by Crippen LogP contribution is -2.47. The third kappa shape index (κ3) is 3.87. The largest absolute Gasteiger partial charge is 0.297 e. The van der Waals surface area contributed by atoms with Crippen molar-refractivity contribution in [1.29, 1.82) is 5.26 Å². The summed E-state index contributed by atoms with van der Waals surface area (Å²) in [5, 5.41) is 16.5. The van der Waals surface area contributed by atoms with Crippen LogP contribution < -0.4 is 5.32 Å². The second-order valence-corrected chi connectivity index (χ2v) is 5.43. The summed E-state index contributed by atoms with van der Waals surface area (Å²) < 4.78 is 1.77. The van der Waals surface area contributed by atoms with E-state index in [0.717, 1.165) is 4.90 Å². The summed E-state index contributed by atoms with van der Waals surface area (Å²) in [4.78, 5) is 1.09. The van der Waals surface area contributed by atoms with Crippen molar-refractivity contribution in [2.24, 2.45) is 7.05 Å². The van der Waals surface area contributed by atoms with Gasteiger partial charge in [0.2, 0.25) is 0 Å². The Morgan fingerprint density at radius 3 is 2.81 bits per heavy atom. The van der Waals surface area contributed by atoms with Gasteiger partial charge in [0.1, 0.15) is 5.54 Å². The van der Waals surface area contributed by atoms with E-state index in [0.29, 0.717) is 11.8 Å². The summed E-state index contributed by atoms with van der Waals surface area (Å²) >= 11 is 1.65. The van der Waals surface area contributed by atoms with Crippen molar-refractivity contribution in [3.8, 4) is 6.07 Å². The fourth-order valence-electron chi connectivity index (χ4n) is 1.44. The lowest BCUT2D eigenvalue weighted by atomic mass is 10.1. The van der Waals surface area contributed by atoms with Crippen LogP contribution in [0, 0.1) is 11.3 Å². The number of nitriles is 1. The molecule has 0 saturated carbocycles. The molecular weight excluding hydrogens is 220 g/mol. The second kappa shape index (κ2) is 5.37. The highest BCUT2D eigenvalue weighted by atomic mass is 32.2. The van der Waals surface area contributed by atoms with E-state index < -0.39 is 5.54 Å². The van der Waals surface area contributed by atoms with E-state index in [9.17, 15) is 5.26 Å². The molecule has 0 amide bonds. The lowest BCUT2D eigenvalue weighted by Gasteiger charge is -2.25. The first-order valence-corrected chi connectivity index (χ1v) is 6.24. The zero-order valence-corrected chi connectivity index (χ0v) is 11.0. The van der Waals surface area contributed by atoms with Crippen molar-refractivity contribution in [1.82, 2.24) is 15.1 Å². The SMILES string of the molecule is CC(C)NC(C)(C#N)CSc1cnn(C)c1. The molecule has 16 heavy (non-hydrogen) atoms. The van der Waals surface area contributed by atoms with Gasteiger partial charge in [0, 0.05) is 29.9 Å². The van der Waals surface area contributed by atoms with Crippen LogP contribution in [-0.4, -0.2) is 27.1 Å². The van der Waals surface area contributed by atoms with E-state index in [2.05, 4.69) is 16.5 Å². The molecular formula is C11H18N4S. The molecule has 88 valence electrons. The molecule has 0 aromatic carbocycles. The summed E-state index contributed by atoms with van der Waals surface area (Å²) in [5.41, 5.74) is -0.491. The molecule has 0 spiro atoms. The minimum atomic E-state index is -0.491. The predicted molar refractivity (Wildman–Crippen MR) is 66.2 cm³/mol. The molecule has 1 unspecified atom stereocenters. The van der Waals surface area contributed by atoms with Gasteiger partial charge in [-0.25, -0.2) is 0 Å². The van der Waals surface area contributed by atoms with Crippen molar-refractivity contribution < 1.29 is 0 Å². The molecule has 1 aromatic heterocycles. The van der Waals surface area contributed by atoms with Crippen LogP contribution in [0.3, 0.4) is 0 Å². The van der Waals surface area contributed by atoms with Crippen LogP contribution in [-0.2, 0) is 7.05 Å². The number of aryl methyl sites for hydroxylation is 1. The Balaban J connectivity index is 2.55. The lowest BCUT2D eigenvalue weighted by molar-refractivity contribution is 0.443. The fourth-order valence-corrected chi connectivity index (χ4v) is 2.40. The molecule has 0 aliphatic rings. The Bertz CT molecular complexity index is 380. The Hall–Kier alpha value is -0.990. The van der Waals surface area contributed by atoms with Gasteiger partial charge in [0.25, 0.3) is 0 Å². The van der Waals surface area contributed by atoms with Gasteiger partial charge in [-0.1, -0.05) is 0 Å². The van der Waals surface area contributed by atoms with Gasteiger partial charge in [-0.2, -0.15) is 10.4 Å². The van der Waals surface area contributed by atoms with Crippen LogP contribution >= 0.6 is 11.8 Å². The normalized spacial score (nSPS) is 14.8. The molecule has 0 aliphatic heterocycles. The highest BCUT2D eigenvalue weighted by Crippen LogP contribution is 2.21. The molecule has 1 aromatic rings. The van der Waals surface area contributed by atoms with Crippen molar-refractivity contribution in [2.45, 2.75) is 37.2 Å². The average Bonchev–Trinajstić information content (AvgIpc) is 2.60. The molecule has 1 rings (SSSR count). The van der Waals surface area contributed by atoms with E-state index in [-0.39, 0.29) is 0 Å². The van der Waals surface area contributed by atoms with Crippen LogP contribution in [0.5, 0.6) is 0 Å². The standard InChI is InChI=1S/C11H18N4S/c1-9(2)14-11(3,7-12)8-16-10-5-13-15(4)6-10/h5-6,9,14H,8H2,1-4H3. The third-order valence-electron chi connectivity index (χ3n) is 2.06. The molecule has 4 nitrogen and oxygen atoms in total. The molecule has 5 heteroatoms. The number of thioether (sulfide) groups is 1. The first kappa shape index (κ1) is 13.1. The van der Waals surface area contributed by atoms with Gasteiger partial charge in [0.15, 0.2) is 0 Å². The summed E-state index contributed by atoms with van der Waals surface area (Å²) in [5.74, 6) is 0.716. The summed E-state index contributed by atoms with van der Waals surface area (Å²) in [6.07, 6.45) is 3.77. The maximum Gasteiger partial charge on any atom is 0.113 e. The first-order valence-electron chi connectivity index (χ1n) is 5.25. The van der Waals surface area contributed by atoms with Crippen LogP contribution in [0.4, 0.5) is 0 Å². The third-order valence-corrected chi connectivity index (χ3v) is 3.33. The van der Waals surface area contributed by atoms with E-state index in [1.165, 1.54) is 0 Å². The summed E-state index contributed by atoms with van der Waals surface area (Å²) in [6, 6.07) is 2.63. The highest BCUT2D eigenvalue weighted by molar-refractivity contribution is 7.99. The Morgan fingerprint density at radius 2 is 2.38 bits per heavy atom. The second-order valence-electron chi connectivity index (χ2n) is 4.38. The minimum absolute atomic E-state index is 0.305. The molecule has 0 fully saturated rings. The predicted octanol–water partition coefficient (Wildman–Crippen LogP) is 1.79. The minimum Gasteiger partial charge on any atom is -0.297 e. The fraction of sp³-hybridized carbons (Fsp3) is 0.636. The summed E-state index contributed by atoms with van der Waals surface area (Å²) in [6.45, 7) is 6.02. The Kier molecular flexibility index (Phi) is 4.39. The van der Waals surface area contributed by atoms with Crippen LogP contribution in [0.1, 0.15) is 20.8 Å². The van der Waals surface area contributed by atoms with Crippen molar-refractivity contribution in [3.63, 3.8) is 0 Å². The Morgan fingerprint density at radius 1 is 1.69 bits per heavy atom. The van der Waals surface area contributed by atoms with Gasteiger partial charge >= 0.3 is 0 Å². The molecule has 0 aliphatic carbocycles. The smallest absolute Gasteiger partial charge is 0.113 e. The molecule has 1 atom stereocenters. The molecule has 0 radical (unpaired) electrons. The monoisotopic (exact) mass is 238 g/mol. The average molecular weight is 238 g/mol. The van der Waals surface area contributed by atoms with Crippen LogP contribution in [0.15, 0.2) is 17.3 Å². The topological polar surface area (TPSA) is 53.6 Å². The Labute approximate surface area is 101 Å². The van der Waals surface area contributed by atoms with E-state index >= 15 is 0 Å². The zero-order valence-electron chi connectivity index (χ0n) is 10.2. The number of rotatable bonds is 5. The van der Waals surface area contributed by atoms with Gasteiger partial charge in [-0.05, 0) is 20.8 Å². The number of nitrogens with zero attached hydrogens (tertiary/aromatic N) is 3. The van der Waals surface area contributed by atoms with Gasteiger partial charge < -0.3 is 0 Å². The van der Waals surface area contributed by atoms with E-state index in [4.69, 9.17) is 0 Å². The zero-order chi connectivity index (χ0) is 12.2. The van der Waals surface area contributed by atoms with E-state index in [1.807, 2.05) is 40.2 Å². The van der Waals surface area contributed by atoms with E-state index in [1.54, 1.807) is 16.4 Å².